The van der Waals surface area contributed by atoms with Gasteiger partial charge in [0.25, 0.3) is 0 Å². The molecule has 19 heavy (non-hydrogen) atoms. The van der Waals surface area contributed by atoms with Gasteiger partial charge in [0, 0.05) is 6.54 Å². The molecule has 1 aromatic carbocycles. The molecule has 4 nitrogen and oxygen atoms in total. The Hall–Kier alpha value is -1.07. The smallest absolute Gasteiger partial charge is 0.232 e. The lowest BCUT2D eigenvalue weighted by Gasteiger charge is -2.13. The molecule has 0 bridgehead atoms. The van der Waals surface area contributed by atoms with Crippen LogP contribution in [-0.2, 0) is 16.6 Å². The highest BCUT2D eigenvalue weighted by Crippen LogP contribution is 2.17. The minimum absolute atomic E-state index is 0.167. The molecule has 0 fully saturated rings. The van der Waals surface area contributed by atoms with E-state index in [9.17, 15) is 8.42 Å². The Morgan fingerprint density at radius 2 is 1.89 bits per heavy atom. The summed E-state index contributed by atoms with van der Waals surface area (Å²) in [6.07, 6.45) is 0.671. The van der Waals surface area contributed by atoms with Crippen molar-refractivity contribution in [1.82, 2.24) is 5.32 Å². The minimum atomic E-state index is -3.26. The average Bonchev–Trinajstić information content (AvgIpc) is 2.35. The number of nitrogens with one attached hydrogen (secondary N) is 2. The second-order valence-corrected chi connectivity index (χ2v) is 6.88. The van der Waals surface area contributed by atoms with Crippen LogP contribution in [0.2, 0.25) is 0 Å². The first-order chi connectivity index (χ1) is 8.94. The molecule has 0 aliphatic rings. The second-order valence-electron chi connectivity index (χ2n) is 5.04. The maximum atomic E-state index is 12.0. The minimum Gasteiger partial charge on any atom is -0.313 e. The molecule has 0 saturated carbocycles. The Labute approximate surface area is 116 Å². The zero-order chi connectivity index (χ0) is 14.3. The third-order valence-electron chi connectivity index (χ3n) is 2.81. The zero-order valence-electron chi connectivity index (χ0n) is 11.9. The van der Waals surface area contributed by atoms with E-state index in [1.165, 1.54) is 0 Å². The van der Waals surface area contributed by atoms with E-state index < -0.39 is 10.0 Å². The summed E-state index contributed by atoms with van der Waals surface area (Å²) in [5.74, 6) is 0.550. The molecular formula is C14H24N2O2S. The van der Waals surface area contributed by atoms with Crippen LogP contribution in [0.1, 0.15) is 32.8 Å². The third kappa shape index (κ3) is 6.07. The molecule has 0 aromatic heterocycles. The lowest BCUT2D eigenvalue weighted by Crippen LogP contribution is -2.20. The molecule has 108 valence electrons. The predicted molar refractivity (Wildman–Crippen MR) is 80.7 cm³/mol. The van der Waals surface area contributed by atoms with Crippen molar-refractivity contribution in [2.75, 3.05) is 17.0 Å². The van der Waals surface area contributed by atoms with Gasteiger partial charge in [0.2, 0.25) is 10.0 Å². The Morgan fingerprint density at radius 1 is 1.21 bits per heavy atom. The molecule has 0 aliphatic carbocycles. The van der Waals surface area contributed by atoms with Gasteiger partial charge >= 0.3 is 0 Å². The van der Waals surface area contributed by atoms with Crippen molar-refractivity contribution < 1.29 is 8.42 Å². The fraction of sp³-hybridized carbons (Fsp3) is 0.571. The molecule has 0 aliphatic heterocycles. The lowest BCUT2D eigenvalue weighted by atomic mass is 10.2. The van der Waals surface area contributed by atoms with Crippen molar-refractivity contribution >= 4 is 15.7 Å². The van der Waals surface area contributed by atoms with Gasteiger partial charge in [-0.3, -0.25) is 4.72 Å². The lowest BCUT2D eigenvalue weighted by molar-refractivity contribution is 0.578. The highest BCUT2D eigenvalue weighted by Gasteiger charge is 2.13. The predicted octanol–water partition coefficient (Wildman–Crippen LogP) is 2.58. The summed E-state index contributed by atoms with van der Waals surface area (Å²) >= 11 is 0. The van der Waals surface area contributed by atoms with Crippen molar-refractivity contribution in [2.24, 2.45) is 5.92 Å². The third-order valence-corrected chi connectivity index (χ3v) is 4.12. The van der Waals surface area contributed by atoms with Crippen LogP contribution in [-0.4, -0.2) is 20.7 Å². The van der Waals surface area contributed by atoms with Gasteiger partial charge in [-0.2, -0.15) is 0 Å². The molecule has 0 heterocycles. The van der Waals surface area contributed by atoms with Gasteiger partial charge in [0.1, 0.15) is 0 Å². The van der Waals surface area contributed by atoms with Crippen LogP contribution in [0.25, 0.3) is 0 Å². The van der Waals surface area contributed by atoms with Gasteiger partial charge in [-0.1, -0.05) is 39.0 Å². The quantitative estimate of drug-likeness (QED) is 0.771. The molecular weight excluding hydrogens is 260 g/mol. The normalized spacial score (nSPS) is 11.8. The number of anilines is 1. The summed E-state index contributed by atoms with van der Waals surface area (Å²) in [6, 6.07) is 7.50. The summed E-state index contributed by atoms with van der Waals surface area (Å²) in [4.78, 5) is 0. The van der Waals surface area contributed by atoms with E-state index in [0.717, 1.165) is 12.1 Å². The van der Waals surface area contributed by atoms with Gasteiger partial charge in [-0.15, -0.1) is 0 Å². The van der Waals surface area contributed by atoms with E-state index in [0.29, 0.717) is 24.6 Å². The van der Waals surface area contributed by atoms with E-state index in [2.05, 4.69) is 10.0 Å². The van der Waals surface area contributed by atoms with Crippen molar-refractivity contribution in [2.45, 2.75) is 33.7 Å². The molecule has 5 heteroatoms. The van der Waals surface area contributed by atoms with Gasteiger partial charge < -0.3 is 5.32 Å². The Balaban J connectivity index is 2.75. The van der Waals surface area contributed by atoms with Crippen LogP contribution in [0.4, 0.5) is 5.69 Å². The molecule has 1 aromatic rings. The van der Waals surface area contributed by atoms with E-state index in [-0.39, 0.29) is 5.75 Å². The van der Waals surface area contributed by atoms with Gasteiger partial charge in [0.05, 0.1) is 11.4 Å². The summed E-state index contributed by atoms with van der Waals surface area (Å²) in [5.41, 5.74) is 1.64. The molecule has 0 unspecified atom stereocenters. The van der Waals surface area contributed by atoms with Crippen LogP contribution in [0.5, 0.6) is 0 Å². The van der Waals surface area contributed by atoms with Gasteiger partial charge in [0.15, 0.2) is 0 Å². The van der Waals surface area contributed by atoms with Crippen molar-refractivity contribution in [3.8, 4) is 0 Å². The first-order valence-corrected chi connectivity index (χ1v) is 8.39. The summed E-state index contributed by atoms with van der Waals surface area (Å²) < 4.78 is 26.7. The molecule has 0 spiro atoms. The molecule has 0 saturated heterocycles. The van der Waals surface area contributed by atoms with E-state index >= 15 is 0 Å². The maximum Gasteiger partial charge on any atom is 0.232 e. The van der Waals surface area contributed by atoms with Crippen LogP contribution < -0.4 is 10.0 Å². The van der Waals surface area contributed by atoms with E-state index in [1.54, 1.807) is 6.07 Å². The van der Waals surface area contributed by atoms with E-state index in [1.807, 2.05) is 39.0 Å². The Kier molecular flexibility index (Phi) is 6.31. The highest BCUT2D eigenvalue weighted by molar-refractivity contribution is 7.92. The monoisotopic (exact) mass is 284 g/mol. The van der Waals surface area contributed by atoms with Crippen molar-refractivity contribution in [1.29, 1.82) is 0 Å². The van der Waals surface area contributed by atoms with Crippen LogP contribution in [0.15, 0.2) is 24.3 Å². The maximum absolute atomic E-state index is 12.0. The topological polar surface area (TPSA) is 58.2 Å². The first kappa shape index (κ1) is 16.0. The number of hydrogen-bond donors (Lipinski definition) is 2. The number of sulfonamides is 1. The van der Waals surface area contributed by atoms with Crippen LogP contribution >= 0.6 is 0 Å². The van der Waals surface area contributed by atoms with Gasteiger partial charge in [-0.25, -0.2) is 8.42 Å². The molecule has 2 N–H and O–H groups in total. The number of benzene rings is 1. The zero-order valence-corrected chi connectivity index (χ0v) is 12.8. The number of hydrogen-bond acceptors (Lipinski definition) is 3. The fourth-order valence-electron chi connectivity index (χ4n) is 1.64. The molecule has 0 atom stereocenters. The van der Waals surface area contributed by atoms with Gasteiger partial charge in [-0.05, 0) is 30.5 Å². The Morgan fingerprint density at radius 3 is 2.53 bits per heavy atom. The van der Waals surface area contributed by atoms with Crippen LogP contribution in [0.3, 0.4) is 0 Å². The van der Waals surface area contributed by atoms with Crippen molar-refractivity contribution in [3.63, 3.8) is 0 Å². The largest absolute Gasteiger partial charge is 0.313 e. The number of rotatable bonds is 8. The molecule has 0 radical (unpaired) electrons. The summed E-state index contributed by atoms with van der Waals surface area (Å²) in [5, 5.41) is 3.21. The highest BCUT2D eigenvalue weighted by atomic mass is 32.2. The first-order valence-electron chi connectivity index (χ1n) is 6.73. The van der Waals surface area contributed by atoms with E-state index in [4.69, 9.17) is 0 Å². The standard InChI is InChI=1S/C14H24N2O2S/c1-4-15-11-13-7-5-6-8-14(13)16-19(17,18)10-9-12(2)3/h5-8,12,15-16H,4,9-11H2,1-3H3. The Bertz CT molecular complexity index is 484. The summed E-state index contributed by atoms with van der Waals surface area (Å²) in [6.45, 7) is 7.59. The average molecular weight is 284 g/mol. The molecule has 1 rings (SSSR count). The summed E-state index contributed by atoms with van der Waals surface area (Å²) in [7, 11) is -3.26. The molecule has 0 amide bonds. The second kappa shape index (κ2) is 7.50. The SMILES string of the molecule is CCNCc1ccccc1NS(=O)(=O)CCC(C)C. The fourth-order valence-corrected chi connectivity index (χ4v) is 3.06. The number of para-hydroxylation sites is 1. The van der Waals surface area contributed by atoms with Crippen LogP contribution in [0, 0.1) is 5.92 Å². The van der Waals surface area contributed by atoms with Crippen molar-refractivity contribution in [3.05, 3.63) is 29.8 Å².